The van der Waals surface area contributed by atoms with E-state index in [2.05, 4.69) is 10.3 Å². The van der Waals surface area contributed by atoms with Crippen molar-refractivity contribution in [2.45, 2.75) is 6.04 Å². The average Bonchev–Trinajstić information content (AvgIpc) is 3.06. The van der Waals surface area contributed by atoms with Crippen molar-refractivity contribution in [3.05, 3.63) is 42.5 Å². The van der Waals surface area contributed by atoms with Gasteiger partial charge in [-0.25, -0.2) is 14.3 Å². The van der Waals surface area contributed by atoms with Gasteiger partial charge in [0.15, 0.2) is 0 Å². The Balaban J connectivity index is 1.48. The summed E-state index contributed by atoms with van der Waals surface area (Å²) in [6.07, 6.45) is 0. The molecule has 4 rings (SSSR count). The Hall–Kier alpha value is -3.20. The largest absolute Gasteiger partial charge is 0.388 e. The number of carbonyl (C=O) groups excluding carboxylic acids is 3. The molecule has 1 fully saturated rings. The van der Waals surface area contributed by atoms with E-state index in [-0.39, 0.29) is 17.6 Å². The molecule has 9 heteroatoms. The van der Waals surface area contributed by atoms with Gasteiger partial charge >= 0.3 is 6.03 Å². The van der Waals surface area contributed by atoms with Crippen LogP contribution >= 0.6 is 11.8 Å². The van der Waals surface area contributed by atoms with E-state index in [9.17, 15) is 14.4 Å². The number of aliphatic imine (C=N–C) groups is 1. The number of anilines is 1. The summed E-state index contributed by atoms with van der Waals surface area (Å²) < 4.78 is 1.70. The number of amides is 4. The molecule has 1 atom stereocenters. The second kappa shape index (κ2) is 7.32. The molecule has 0 aliphatic carbocycles. The first-order valence-corrected chi connectivity index (χ1v) is 10.0. The lowest BCUT2D eigenvalue weighted by Gasteiger charge is -2.27. The molecule has 2 aromatic carbocycles. The minimum atomic E-state index is -0.753. The van der Waals surface area contributed by atoms with Gasteiger partial charge in [-0.2, -0.15) is 0 Å². The molecule has 0 radical (unpaired) electrons. The zero-order valence-corrected chi connectivity index (χ0v) is 17.1. The molecule has 1 N–H and O–H groups in total. The second-order valence-corrected chi connectivity index (χ2v) is 7.78. The highest BCUT2D eigenvalue weighted by molar-refractivity contribution is 8.14. The number of nitrogens with zero attached hydrogens (tertiary/aromatic N) is 4. The summed E-state index contributed by atoms with van der Waals surface area (Å²) in [4.78, 5) is 44.0. The molecule has 2 aliphatic rings. The maximum atomic E-state index is 12.5. The number of benzene rings is 2. The van der Waals surface area contributed by atoms with E-state index >= 15 is 0 Å². The highest BCUT2D eigenvalue weighted by Gasteiger charge is 2.51. The predicted octanol–water partition coefficient (Wildman–Crippen LogP) is 1.81. The first-order chi connectivity index (χ1) is 13.9. The van der Waals surface area contributed by atoms with E-state index in [1.54, 1.807) is 18.7 Å². The highest BCUT2D eigenvalue weighted by atomic mass is 32.2. The van der Waals surface area contributed by atoms with Gasteiger partial charge in [0, 0.05) is 18.1 Å². The zero-order valence-electron chi connectivity index (χ0n) is 16.2. The van der Waals surface area contributed by atoms with Gasteiger partial charge in [0.1, 0.15) is 0 Å². The van der Waals surface area contributed by atoms with Crippen LogP contribution in [0.5, 0.6) is 0 Å². The molecule has 0 saturated carbocycles. The average molecular weight is 410 g/mol. The van der Waals surface area contributed by atoms with Crippen LogP contribution in [0.3, 0.4) is 0 Å². The molecule has 1 unspecified atom stereocenters. The first kappa shape index (κ1) is 19.1. The van der Waals surface area contributed by atoms with Gasteiger partial charge in [0.2, 0.25) is 5.91 Å². The van der Waals surface area contributed by atoms with Crippen molar-refractivity contribution in [3.8, 4) is 0 Å². The summed E-state index contributed by atoms with van der Waals surface area (Å²) in [5.41, 5.74) is 0.751. The molecule has 8 nitrogen and oxygen atoms in total. The van der Waals surface area contributed by atoms with Gasteiger partial charge in [-0.15, -0.1) is 4.99 Å². The fourth-order valence-electron chi connectivity index (χ4n) is 3.50. The van der Waals surface area contributed by atoms with Gasteiger partial charge in [-0.05, 0) is 23.2 Å². The molecule has 2 aliphatic heterocycles. The summed E-state index contributed by atoms with van der Waals surface area (Å²) in [6, 6.07) is 12.4. The molecular formula is C20H20N5O3S+. The molecule has 29 heavy (non-hydrogen) atoms. The Morgan fingerprint density at radius 2 is 1.86 bits per heavy atom. The number of thioether (sulfide) groups is 1. The van der Waals surface area contributed by atoms with E-state index in [1.165, 1.54) is 23.7 Å². The van der Waals surface area contributed by atoms with Gasteiger partial charge in [-0.1, -0.05) is 36.4 Å². The molecule has 2 aromatic rings. The van der Waals surface area contributed by atoms with Gasteiger partial charge in [0.25, 0.3) is 23.0 Å². The predicted molar refractivity (Wildman–Crippen MR) is 113 cm³/mol. The molecule has 0 bridgehead atoms. The number of imide groups is 1. The van der Waals surface area contributed by atoms with Crippen LogP contribution in [0.4, 0.5) is 10.5 Å². The van der Waals surface area contributed by atoms with Gasteiger partial charge < -0.3 is 5.32 Å². The Labute approximate surface area is 171 Å². The first-order valence-electron chi connectivity index (χ1n) is 9.02. The Morgan fingerprint density at radius 3 is 2.66 bits per heavy atom. The third-order valence-corrected chi connectivity index (χ3v) is 6.04. The third-order valence-electron chi connectivity index (χ3n) is 4.99. The number of rotatable bonds is 3. The molecule has 0 spiro atoms. The van der Waals surface area contributed by atoms with Crippen LogP contribution in [0.1, 0.15) is 0 Å². The van der Waals surface area contributed by atoms with Crippen molar-refractivity contribution in [1.82, 2.24) is 9.80 Å². The van der Waals surface area contributed by atoms with E-state index in [0.29, 0.717) is 11.0 Å². The fourth-order valence-corrected chi connectivity index (χ4v) is 4.30. The van der Waals surface area contributed by atoms with Crippen LogP contribution in [0, 0.1) is 0 Å². The number of hydrogen-bond acceptors (Lipinski definition) is 5. The van der Waals surface area contributed by atoms with Gasteiger partial charge in [-0.3, -0.25) is 14.5 Å². The minimum Gasteiger partial charge on any atom is -0.325 e. The van der Waals surface area contributed by atoms with E-state index < -0.39 is 12.1 Å². The normalized spacial score (nSPS) is 19.0. The molecule has 1 saturated heterocycles. The number of carbonyl (C=O) groups is 3. The summed E-state index contributed by atoms with van der Waals surface area (Å²) in [5.74, 6) is 0.102. The van der Waals surface area contributed by atoms with Crippen molar-refractivity contribution >= 4 is 57.1 Å². The second-order valence-electron chi connectivity index (χ2n) is 6.83. The summed E-state index contributed by atoms with van der Waals surface area (Å²) in [7, 11) is 4.79. The van der Waals surface area contributed by atoms with Crippen molar-refractivity contribution in [3.63, 3.8) is 0 Å². The maximum Gasteiger partial charge on any atom is 0.388 e. The Bertz CT molecular complexity index is 1100. The fraction of sp³-hybridized carbons (Fsp3) is 0.250. The van der Waals surface area contributed by atoms with Crippen molar-refractivity contribution in [2.75, 3.05) is 32.2 Å². The molecule has 4 amide bonds. The number of likely N-dealkylation sites (N-methyl/N-ethyl adjacent to an activating group) is 2. The van der Waals surface area contributed by atoms with Crippen LogP contribution in [-0.2, 0) is 9.59 Å². The molecular weight excluding hydrogens is 390 g/mol. The lowest BCUT2D eigenvalue weighted by atomic mass is 10.1. The smallest absolute Gasteiger partial charge is 0.325 e. The molecule has 148 valence electrons. The third kappa shape index (κ3) is 3.27. The summed E-state index contributed by atoms with van der Waals surface area (Å²) in [5, 5.41) is 5.49. The van der Waals surface area contributed by atoms with E-state index in [4.69, 9.17) is 0 Å². The monoisotopic (exact) mass is 410 g/mol. The topological polar surface area (TPSA) is 85.1 Å². The van der Waals surface area contributed by atoms with Crippen LogP contribution in [-0.4, -0.2) is 76.2 Å². The van der Waals surface area contributed by atoms with Gasteiger partial charge in [0.05, 0.1) is 19.8 Å². The van der Waals surface area contributed by atoms with Crippen LogP contribution in [0.25, 0.3) is 10.8 Å². The number of nitrogens with one attached hydrogen (secondary N) is 1. The minimum absolute atomic E-state index is 0.133. The highest BCUT2D eigenvalue weighted by Crippen LogP contribution is 2.24. The number of amidine groups is 2. The SMILES string of the molecule is CN1C(=O)C2N=C(SCC(=O)Nc3cccc4ccccc34)[N+](C)=C2N(C)C1=O. The summed E-state index contributed by atoms with van der Waals surface area (Å²) in [6.45, 7) is 0. The lowest BCUT2D eigenvalue weighted by Crippen LogP contribution is -2.59. The van der Waals surface area contributed by atoms with Crippen LogP contribution in [0.15, 0.2) is 47.5 Å². The molecule has 2 heterocycles. The zero-order chi connectivity index (χ0) is 20.7. The van der Waals surface area contributed by atoms with E-state index in [0.717, 1.165) is 21.4 Å². The number of urea groups is 1. The van der Waals surface area contributed by atoms with E-state index in [1.807, 2.05) is 42.5 Å². The van der Waals surface area contributed by atoms with Crippen LogP contribution < -0.4 is 5.32 Å². The van der Waals surface area contributed by atoms with Crippen LogP contribution in [0.2, 0.25) is 0 Å². The quantitative estimate of drug-likeness (QED) is 0.782. The van der Waals surface area contributed by atoms with Crippen molar-refractivity contribution in [1.29, 1.82) is 0 Å². The van der Waals surface area contributed by atoms with Crippen molar-refractivity contribution < 1.29 is 19.0 Å². The Kier molecular flexibility index (Phi) is 4.83. The number of hydrogen-bond donors (Lipinski definition) is 1. The lowest BCUT2D eigenvalue weighted by molar-refractivity contribution is -0.367. The summed E-state index contributed by atoms with van der Waals surface area (Å²) >= 11 is 1.23. The maximum absolute atomic E-state index is 12.5. The Morgan fingerprint density at radius 1 is 1.14 bits per heavy atom. The van der Waals surface area contributed by atoms with Crippen molar-refractivity contribution in [2.24, 2.45) is 4.99 Å². The molecule has 0 aromatic heterocycles. The number of fused-ring (bicyclic) bond motifs is 2. The standard InChI is InChI=1S/C20H19N5O3S/c1-23-17-16(18(27)25(3)20(28)24(17)2)22-19(23)29-11-15(26)21-14-10-6-8-12-7-4-5-9-13(12)14/h4-10,16H,11H2,1-3H3/p+1.